The summed E-state index contributed by atoms with van der Waals surface area (Å²) in [6.07, 6.45) is 6.00. The van der Waals surface area contributed by atoms with E-state index >= 15 is 0 Å². The van der Waals surface area contributed by atoms with E-state index in [1.54, 1.807) is 16.9 Å². The van der Waals surface area contributed by atoms with E-state index in [1.165, 1.54) is 30.5 Å². The molecule has 0 radical (unpaired) electrons. The Hall–Kier alpha value is -3.91. The number of nitrogens with zero attached hydrogens (tertiary/aromatic N) is 3. The highest BCUT2D eigenvalue weighted by Gasteiger charge is 2.30. The standard InChI is InChI=1S/C25H25N5O3/c1-29-15-18(13-26-29)23(22-20-12-17(25(32)33)7-8-21(20)28-24(22)31)27-19-6-4-5-16(11-19)14-30-9-2-3-10-30/h4-8,11-13,15,27H,2-3,9-10,14H2,1H3,(H,28,31)(H,32,33). The number of carboxylic acids is 1. The highest BCUT2D eigenvalue weighted by Crippen LogP contribution is 2.38. The van der Waals surface area contributed by atoms with E-state index in [0.29, 0.717) is 22.5 Å². The number of carboxylic acid groups (broad SMARTS) is 1. The molecule has 2 aliphatic rings. The second-order valence-electron chi connectivity index (χ2n) is 8.48. The second kappa shape index (κ2) is 8.55. The van der Waals surface area contributed by atoms with Gasteiger partial charge in [-0.05, 0) is 61.8 Å². The van der Waals surface area contributed by atoms with Crippen molar-refractivity contribution in [2.24, 2.45) is 7.05 Å². The molecule has 0 spiro atoms. The lowest BCUT2D eigenvalue weighted by Gasteiger charge is -2.17. The fraction of sp³-hybridized carbons (Fsp3) is 0.240. The maximum absolute atomic E-state index is 13.0. The summed E-state index contributed by atoms with van der Waals surface area (Å²) in [6.45, 7) is 3.12. The minimum atomic E-state index is -1.04. The van der Waals surface area contributed by atoms with Gasteiger partial charge in [0.05, 0.1) is 23.0 Å². The van der Waals surface area contributed by atoms with Gasteiger partial charge in [-0.15, -0.1) is 0 Å². The molecular weight excluding hydrogens is 418 g/mol. The Morgan fingerprint density at radius 1 is 1.15 bits per heavy atom. The predicted molar refractivity (Wildman–Crippen MR) is 127 cm³/mol. The van der Waals surface area contributed by atoms with Crippen molar-refractivity contribution in [3.8, 4) is 0 Å². The normalized spacial score (nSPS) is 17.1. The lowest BCUT2D eigenvalue weighted by atomic mass is 9.99. The number of anilines is 2. The highest BCUT2D eigenvalue weighted by molar-refractivity contribution is 6.37. The summed E-state index contributed by atoms with van der Waals surface area (Å²) in [4.78, 5) is 27.0. The maximum Gasteiger partial charge on any atom is 0.335 e. The molecular formula is C25H25N5O3. The van der Waals surface area contributed by atoms with E-state index < -0.39 is 5.97 Å². The van der Waals surface area contributed by atoms with Crippen LogP contribution in [0.15, 0.2) is 54.9 Å². The third-order valence-electron chi connectivity index (χ3n) is 6.06. The average Bonchev–Trinajstić information content (AvgIpc) is 3.52. The van der Waals surface area contributed by atoms with Crippen molar-refractivity contribution in [2.45, 2.75) is 19.4 Å². The van der Waals surface area contributed by atoms with Gasteiger partial charge < -0.3 is 15.7 Å². The number of amides is 1. The number of aromatic carboxylic acids is 1. The van der Waals surface area contributed by atoms with Gasteiger partial charge in [0.1, 0.15) is 0 Å². The Bertz CT molecular complexity index is 1270. The lowest BCUT2D eigenvalue weighted by Crippen LogP contribution is -2.18. The van der Waals surface area contributed by atoms with Crippen LogP contribution in [-0.2, 0) is 18.4 Å². The number of likely N-dealkylation sites (tertiary alicyclic amines) is 1. The minimum Gasteiger partial charge on any atom is -0.478 e. The van der Waals surface area contributed by atoms with Crippen molar-refractivity contribution in [1.29, 1.82) is 0 Å². The molecule has 0 atom stereocenters. The van der Waals surface area contributed by atoms with Crippen LogP contribution in [0, 0.1) is 0 Å². The molecule has 8 heteroatoms. The van der Waals surface area contributed by atoms with E-state index in [1.807, 2.05) is 25.4 Å². The molecule has 5 rings (SSSR count). The van der Waals surface area contributed by atoms with Gasteiger partial charge in [0.2, 0.25) is 0 Å². The minimum absolute atomic E-state index is 0.126. The number of nitrogens with one attached hydrogen (secondary N) is 2. The molecule has 0 unspecified atom stereocenters. The molecule has 1 aromatic heterocycles. The molecule has 0 saturated carbocycles. The lowest BCUT2D eigenvalue weighted by molar-refractivity contribution is -0.110. The molecule has 3 aromatic rings. The van der Waals surface area contributed by atoms with Crippen LogP contribution in [0.2, 0.25) is 0 Å². The van der Waals surface area contributed by atoms with Crippen LogP contribution in [0.4, 0.5) is 11.4 Å². The van der Waals surface area contributed by atoms with E-state index in [4.69, 9.17) is 0 Å². The number of benzene rings is 2. The number of rotatable bonds is 6. The Kier molecular flexibility index (Phi) is 5.43. The van der Waals surface area contributed by atoms with Gasteiger partial charge in [-0.25, -0.2) is 4.79 Å². The van der Waals surface area contributed by atoms with E-state index in [9.17, 15) is 14.7 Å². The first-order valence-corrected chi connectivity index (χ1v) is 11.0. The zero-order valence-electron chi connectivity index (χ0n) is 18.3. The van der Waals surface area contributed by atoms with Crippen LogP contribution in [-0.4, -0.2) is 44.8 Å². The molecule has 33 heavy (non-hydrogen) atoms. The molecule has 8 nitrogen and oxygen atoms in total. The smallest absolute Gasteiger partial charge is 0.335 e. The number of carbonyl (C=O) groups is 2. The maximum atomic E-state index is 13.0. The molecule has 1 saturated heterocycles. The van der Waals surface area contributed by atoms with E-state index in [-0.39, 0.29) is 11.5 Å². The zero-order chi connectivity index (χ0) is 22.9. The van der Waals surface area contributed by atoms with Crippen molar-refractivity contribution < 1.29 is 14.7 Å². The van der Waals surface area contributed by atoms with Gasteiger partial charge in [0.15, 0.2) is 0 Å². The van der Waals surface area contributed by atoms with Crippen LogP contribution in [0.1, 0.15) is 39.9 Å². The number of hydrogen-bond donors (Lipinski definition) is 3. The van der Waals surface area contributed by atoms with Gasteiger partial charge in [-0.2, -0.15) is 5.10 Å². The number of aryl methyl sites for hydroxylation is 1. The summed E-state index contributed by atoms with van der Waals surface area (Å²) in [5.74, 6) is -1.32. The molecule has 1 amide bonds. The first-order chi connectivity index (χ1) is 16.0. The van der Waals surface area contributed by atoms with Crippen LogP contribution >= 0.6 is 0 Å². The van der Waals surface area contributed by atoms with Crippen LogP contribution in [0.25, 0.3) is 11.3 Å². The summed E-state index contributed by atoms with van der Waals surface area (Å²) in [5.41, 5.74) is 5.04. The van der Waals surface area contributed by atoms with Crippen LogP contribution in [0.5, 0.6) is 0 Å². The zero-order valence-corrected chi connectivity index (χ0v) is 18.3. The number of carbonyl (C=O) groups excluding carboxylic acids is 1. The first-order valence-electron chi connectivity index (χ1n) is 11.0. The van der Waals surface area contributed by atoms with Crippen molar-refractivity contribution in [2.75, 3.05) is 23.7 Å². The third-order valence-corrected chi connectivity index (χ3v) is 6.06. The summed E-state index contributed by atoms with van der Waals surface area (Å²) in [5, 5.41) is 20.0. The summed E-state index contributed by atoms with van der Waals surface area (Å²) < 4.78 is 1.67. The van der Waals surface area contributed by atoms with E-state index in [2.05, 4.69) is 32.8 Å². The molecule has 2 aromatic carbocycles. The summed E-state index contributed by atoms with van der Waals surface area (Å²) >= 11 is 0. The Labute approximate surface area is 191 Å². The Morgan fingerprint density at radius 2 is 1.97 bits per heavy atom. The van der Waals surface area contributed by atoms with Crippen molar-refractivity contribution in [3.63, 3.8) is 0 Å². The summed E-state index contributed by atoms with van der Waals surface area (Å²) in [7, 11) is 1.81. The summed E-state index contributed by atoms with van der Waals surface area (Å²) in [6, 6.07) is 12.8. The van der Waals surface area contributed by atoms with Crippen molar-refractivity contribution in [3.05, 3.63) is 77.1 Å². The molecule has 0 bridgehead atoms. The fourth-order valence-corrected chi connectivity index (χ4v) is 4.47. The van der Waals surface area contributed by atoms with Gasteiger partial charge in [0.25, 0.3) is 5.91 Å². The molecule has 2 aliphatic heterocycles. The quantitative estimate of drug-likeness (QED) is 0.503. The number of hydrogen-bond acceptors (Lipinski definition) is 5. The molecule has 168 valence electrons. The topological polar surface area (TPSA) is 99.5 Å². The molecule has 3 N–H and O–H groups in total. The average molecular weight is 444 g/mol. The van der Waals surface area contributed by atoms with Crippen molar-refractivity contribution >= 4 is 34.5 Å². The fourth-order valence-electron chi connectivity index (χ4n) is 4.47. The number of fused-ring (bicyclic) bond motifs is 1. The van der Waals surface area contributed by atoms with E-state index in [0.717, 1.165) is 30.9 Å². The largest absolute Gasteiger partial charge is 0.478 e. The molecule has 3 heterocycles. The predicted octanol–water partition coefficient (Wildman–Crippen LogP) is 3.65. The molecule has 1 fully saturated rings. The molecule has 0 aliphatic carbocycles. The Morgan fingerprint density at radius 3 is 2.70 bits per heavy atom. The van der Waals surface area contributed by atoms with Gasteiger partial charge in [0, 0.05) is 42.3 Å². The van der Waals surface area contributed by atoms with Crippen LogP contribution < -0.4 is 10.6 Å². The van der Waals surface area contributed by atoms with Gasteiger partial charge in [-0.1, -0.05) is 12.1 Å². The third kappa shape index (κ3) is 4.25. The van der Waals surface area contributed by atoms with Crippen molar-refractivity contribution in [1.82, 2.24) is 14.7 Å². The first kappa shape index (κ1) is 21.0. The Balaban J connectivity index is 1.57. The number of aromatic nitrogens is 2. The van der Waals surface area contributed by atoms with Crippen LogP contribution in [0.3, 0.4) is 0 Å². The van der Waals surface area contributed by atoms with Gasteiger partial charge in [-0.3, -0.25) is 14.4 Å². The van der Waals surface area contributed by atoms with Gasteiger partial charge >= 0.3 is 5.97 Å². The monoisotopic (exact) mass is 443 g/mol. The highest BCUT2D eigenvalue weighted by atomic mass is 16.4. The SMILES string of the molecule is Cn1cc(C(Nc2cccc(CN3CCCC3)c2)=C2C(=O)Nc3ccc(C(=O)O)cc32)cn1. The second-order valence-corrected chi connectivity index (χ2v) is 8.48.